The molecule has 5 heteroatoms. The molecular weight excluding hydrogens is 213 g/mol. The van der Waals surface area contributed by atoms with E-state index >= 15 is 0 Å². The van der Waals surface area contributed by atoms with Crippen LogP contribution in [-0.2, 0) is 4.79 Å². The van der Waals surface area contributed by atoms with Gasteiger partial charge in [0.1, 0.15) is 0 Å². The highest BCUT2D eigenvalue weighted by Gasteiger charge is 2.19. The molecule has 1 N–H and O–H groups in total. The van der Waals surface area contributed by atoms with Gasteiger partial charge in [-0.1, -0.05) is 18.2 Å². The average molecular weight is 221 g/mol. The molecule has 1 heterocycles. The van der Waals surface area contributed by atoms with Gasteiger partial charge in [0.05, 0.1) is 0 Å². The standard InChI is InChI=1S/C11H8FNO3/c12-9(11(15)16)13-6-5-7-3-1-2-4-8(7)10(13)14/h1-6,9H,(H,15,16)/t9-/m1/s1. The van der Waals surface area contributed by atoms with Crippen LogP contribution in [0.3, 0.4) is 0 Å². The van der Waals surface area contributed by atoms with Crippen LogP contribution in [0.2, 0.25) is 0 Å². The first-order valence-electron chi connectivity index (χ1n) is 4.58. The van der Waals surface area contributed by atoms with Crippen molar-refractivity contribution in [2.75, 3.05) is 0 Å². The average Bonchev–Trinajstić information content (AvgIpc) is 2.29. The van der Waals surface area contributed by atoms with Crippen LogP contribution in [0.15, 0.2) is 41.3 Å². The van der Waals surface area contributed by atoms with Crippen molar-refractivity contribution >= 4 is 16.7 Å². The largest absolute Gasteiger partial charge is 0.478 e. The third kappa shape index (κ3) is 1.56. The minimum Gasteiger partial charge on any atom is -0.478 e. The number of benzene rings is 1. The Morgan fingerprint density at radius 2 is 2.00 bits per heavy atom. The molecule has 0 bridgehead atoms. The van der Waals surface area contributed by atoms with Crippen LogP contribution >= 0.6 is 0 Å². The normalized spacial score (nSPS) is 12.6. The van der Waals surface area contributed by atoms with Crippen LogP contribution in [0, 0.1) is 0 Å². The number of aliphatic carboxylic acids is 1. The molecule has 2 aromatic rings. The Labute approximate surface area is 89.6 Å². The molecule has 0 aliphatic carbocycles. The highest BCUT2D eigenvalue weighted by Crippen LogP contribution is 2.11. The molecule has 0 saturated carbocycles. The van der Waals surface area contributed by atoms with E-state index in [1.165, 1.54) is 12.1 Å². The Bertz CT molecular complexity index is 605. The van der Waals surface area contributed by atoms with Crippen LogP contribution in [-0.4, -0.2) is 15.6 Å². The van der Waals surface area contributed by atoms with Gasteiger partial charge in [-0.05, 0) is 17.5 Å². The van der Waals surface area contributed by atoms with E-state index in [2.05, 4.69) is 0 Å². The van der Waals surface area contributed by atoms with Crippen LogP contribution in [0.4, 0.5) is 4.39 Å². The number of carbonyl (C=O) groups is 1. The van der Waals surface area contributed by atoms with E-state index in [9.17, 15) is 14.0 Å². The molecule has 1 aromatic carbocycles. The number of aromatic nitrogens is 1. The van der Waals surface area contributed by atoms with Crippen molar-refractivity contribution in [1.82, 2.24) is 4.57 Å². The third-order valence-corrected chi connectivity index (χ3v) is 2.29. The topological polar surface area (TPSA) is 59.3 Å². The van der Waals surface area contributed by atoms with Gasteiger partial charge in [0.15, 0.2) is 0 Å². The van der Waals surface area contributed by atoms with E-state index in [1.807, 2.05) is 0 Å². The lowest BCUT2D eigenvalue weighted by molar-refractivity contribution is -0.146. The van der Waals surface area contributed by atoms with E-state index in [1.54, 1.807) is 18.2 Å². The molecular formula is C11H8FNO3. The fraction of sp³-hybridized carbons (Fsp3) is 0.0909. The zero-order chi connectivity index (χ0) is 11.7. The first-order valence-corrected chi connectivity index (χ1v) is 4.58. The molecule has 2 rings (SSSR count). The summed E-state index contributed by atoms with van der Waals surface area (Å²) in [6.07, 6.45) is -1.21. The number of pyridine rings is 1. The molecule has 4 nitrogen and oxygen atoms in total. The Morgan fingerprint density at radius 1 is 1.31 bits per heavy atom. The molecule has 0 saturated heterocycles. The minimum atomic E-state index is -2.35. The van der Waals surface area contributed by atoms with Crippen molar-refractivity contribution in [3.8, 4) is 0 Å². The number of fused-ring (bicyclic) bond motifs is 1. The summed E-state index contributed by atoms with van der Waals surface area (Å²) in [4.78, 5) is 22.2. The number of carboxylic acid groups (broad SMARTS) is 1. The van der Waals surface area contributed by atoms with Gasteiger partial charge in [0.25, 0.3) is 11.9 Å². The molecule has 0 fully saturated rings. The summed E-state index contributed by atoms with van der Waals surface area (Å²) < 4.78 is 13.8. The highest BCUT2D eigenvalue weighted by atomic mass is 19.1. The van der Waals surface area contributed by atoms with Crippen molar-refractivity contribution in [1.29, 1.82) is 0 Å². The summed E-state index contributed by atoms with van der Waals surface area (Å²) >= 11 is 0. The number of alkyl halides is 1. The fourth-order valence-electron chi connectivity index (χ4n) is 1.50. The molecule has 0 radical (unpaired) electrons. The molecule has 0 amide bonds. The Morgan fingerprint density at radius 3 is 2.69 bits per heavy atom. The molecule has 1 atom stereocenters. The van der Waals surface area contributed by atoms with Crippen LogP contribution in [0.25, 0.3) is 10.8 Å². The summed E-state index contributed by atoms with van der Waals surface area (Å²) in [6, 6.07) is 8.13. The number of hydrogen-bond donors (Lipinski definition) is 1. The van der Waals surface area contributed by atoms with Crippen molar-refractivity contribution in [2.45, 2.75) is 6.30 Å². The SMILES string of the molecule is O=C(O)[C@H](F)n1ccc2ccccc2c1=O. The quantitative estimate of drug-likeness (QED) is 0.837. The number of rotatable bonds is 2. The first-order chi connectivity index (χ1) is 7.61. The van der Waals surface area contributed by atoms with Crippen LogP contribution < -0.4 is 5.56 Å². The molecule has 0 unspecified atom stereocenters. The number of nitrogens with zero attached hydrogens (tertiary/aromatic N) is 1. The maximum atomic E-state index is 13.2. The first kappa shape index (κ1) is 10.4. The number of hydrogen-bond acceptors (Lipinski definition) is 2. The Kier molecular flexibility index (Phi) is 2.44. The lowest BCUT2D eigenvalue weighted by Gasteiger charge is -2.08. The number of halogens is 1. The van der Waals surface area contributed by atoms with E-state index < -0.39 is 17.8 Å². The van der Waals surface area contributed by atoms with E-state index in [0.717, 1.165) is 6.20 Å². The maximum absolute atomic E-state index is 13.2. The van der Waals surface area contributed by atoms with E-state index in [4.69, 9.17) is 5.11 Å². The van der Waals surface area contributed by atoms with E-state index in [-0.39, 0.29) is 0 Å². The van der Waals surface area contributed by atoms with E-state index in [0.29, 0.717) is 15.3 Å². The summed E-state index contributed by atoms with van der Waals surface area (Å²) in [5, 5.41) is 9.45. The van der Waals surface area contributed by atoms with Gasteiger partial charge in [-0.2, -0.15) is 0 Å². The monoisotopic (exact) mass is 221 g/mol. The van der Waals surface area contributed by atoms with Crippen LogP contribution in [0.1, 0.15) is 6.30 Å². The summed E-state index contributed by atoms with van der Waals surface area (Å²) in [5.41, 5.74) is -0.645. The van der Waals surface area contributed by atoms with Crippen LogP contribution in [0.5, 0.6) is 0 Å². The van der Waals surface area contributed by atoms with Crippen molar-refractivity contribution in [3.63, 3.8) is 0 Å². The lowest BCUT2D eigenvalue weighted by atomic mass is 10.2. The molecule has 82 valence electrons. The van der Waals surface area contributed by atoms with Gasteiger partial charge in [0.2, 0.25) is 0 Å². The smallest absolute Gasteiger partial charge is 0.360 e. The van der Waals surface area contributed by atoms with Gasteiger partial charge >= 0.3 is 5.97 Å². The van der Waals surface area contributed by atoms with Gasteiger partial charge < -0.3 is 5.11 Å². The van der Waals surface area contributed by atoms with Crippen molar-refractivity contribution in [3.05, 3.63) is 46.9 Å². The second kappa shape index (κ2) is 3.77. The lowest BCUT2D eigenvalue weighted by Crippen LogP contribution is -2.26. The zero-order valence-electron chi connectivity index (χ0n) is 8.13. The number of carboxylic acids is 1. The second-order valence-electron chi connectivity index (χ2n) is 3.29. The zero-order valence-corrected chi connectivity index (χ0v) is 8.13. The maximum Gasteiger partial charge on any atom is 0.360 e. The third-order valence-electron chi connectivity index (χ3n) is 2.29. The summed E-state index contributed by atoms with van der Waals surface area (Å²) in [5.74, 6) is -1.68. The second-order valence-corrected chi connectivity index (χ2v) is 3.29. The molecule has 16 heavy (non-hydrogen) atoms. The predicted molar refractivity (Wildman–Crippen MR) is 56.0 cm³/mol. The van der Waals surface area contributed by atoms with Gasteiger partial charge in [0, 0.05) is 11.6 Å². The Hall–Kier alpha value is -2.17. The summed E-state index contributed by atoms with van der Waals surface area (Å²) in [6.45, 7) is 0. The van der Waals surface area contributed by atoms with Crippen molar-refractivity contribution < 1.29 is 14.3 Å². The van der Waals surface area contributed by atoms with Gasteiger partial charge in [-0.25, -0.2) is 9.18 Å². The minimum absolute atomic E-state index is 0.300. The molecule has 1 aromatic heterocycles. The molecule has 0 aliphatic rings. The summed E-state index contributed by atoms with van der Waals surface area (Å²) in [7, 11) is 0. The molecule has 0 spiro atoms. The highest BCUT2D eigenvalue weighted by molar-refractivity contribution is 5.81. The molecule has 0 aliphatic heterocycles. The van der Waals surface area contributed by atoms with Crippen molar-refractivity contribution in [2.24, 2.45) is 0 Å². The predicted octanol–water partition coefficient (Wildman–Crippen LogP) is 1.55. The van der Waals surface area contributed by atoms with Gasteiger partial charge in [-0.3, -0.25) is 9.36 Å². The van der Waals surface area contributed by atoms with Gasteiger partial charge in [-0.15, -0.1) is 0 Å². The Balaban J connectivity index is 2.70. The fourth-order valence-corrected chi connectivity index (χ4v) is 1.50.